The monoisotopic (exact) mass is 483 g/mol. The van der Waals surface area contributed by atoms with Gasteiger partial charge < -0.3 is 10.2 Å². The quantitative estimate of drug-likeness (QED) is 0.488. The Labute approximate surface area is 197 Å². The Balaban J connectivity index is 1.50. The summed E-state index contributed by atoms with van der Waals surface area (Å²) in [6.07, 6.45) is 1.84. The standard InChI is InChI=1S/C24H25N3O4S2/c1-25-23(28)18-9-7-17(8-10-18)16-27(20-11-12-20)24(29)19-4-2-6-22(14-19)33(30,31)26-15-21-5-3-13-32-21/h2-10,13-14,20,26H,11-12,15-16H2,1H3,(H,25,28). The van der Waals surface area contributed by atoms with Crippen LogP contribution in [0.4, 0.5) is 0 Å². The van der Waals surface area contributed by atoms with Gasteiger partial charge in [0.15, 0.2) is 0 Å². The van der Waals surface area contributed by atoms with Gasteiger partial charge in [0.1, 0.15) is 0 Å². The SMILES string of the molecule is CNC(=O)c1ccc(CN(C(=O)c2cccc(S(=O)(=O)NCc3cccs3)c2)C2CC2)cc1. The topological polar surface area (TPSA) is 95.6 Å². The van der Waals surface area contributed by atoms with Crippen molar-refractivity contribution in [3.05, 3.63) is 87.6 Å². The van der Waals surface area contributed by atoms with E-state index in [-0.39, 0.29) is 29.3 Å². The Kier molecular flexibility index (Phi) is 6.92. The van der Waals surface area contributed by atoms with Gasteiger partial charge in [-0.05, 0) is 60.2 Å². The first kappa shape index (κ1) is 23.2. The number of thiophene rings is 1. The Morgan fingerprint density at radius 2 is 1.79 bits per heavy atom. The molecular weight excluding hydrogens is 458 g/mol. The van der Waals surface area contributed by atoms with Crippen molar-refractivity contribution in [3.63, 3.8) is 0 Å². The van der Waals surface area contributed by atoms with Crippen LogP contribution in [0.2, 0.25) is 0 Å². The molecule has 1 aromatic heterocycles. The number of sulfonamides is 1. The van der Waals surface area contributed by atoms with Crippen LogP contribution in [-0.4, -0.2) is 38.2 Å². The minimum absolute atomic E-state index is 0.0654. The summed E-state index contributed by atoms with van der Waals surface area (Å²) in [4.78, 5) is 27.8. The van der Waals surface area contributed by atoms with Crippen molar-refractivity contribution in [1.29, 1.82) is 0 Å². The predicted molar refractivity (Wildman–Crippen MR) is 128 cm³/mol. The maximum absolute atomic E-state index is 13.3. The molecule has 0 atom stereocenters. The lowest BCUT2D eigenvalue weighted by Gasteiger charge is -2.23. The lowest BCUT2D eigenvalue weighted by atomic mass is 10.1. The van der Waals surface area contributed by atoms with Crippen molar-refractivity contribution in [1.82, 2.24) is 14.9 Å². The van der Waals surface area contributed by atoms with E-state index < -0.39 is 10.0 Å². The molecule has 1 saturated carbocycles. The first-order chi connectivity index (χ1) is 15.9. The normalized spacial score (nSPS) is 13.5. The number of benzene rings is 2. The Hall–Kier alpha value is -3.01. The summed E-state index contributed by atoms with van der Waals surface area (Å²) in [6.45, 7) is 0.601. The van der Waals surface area contributed by atoms with Gasteiger partial charge in [0.05, 0.1) is 4.90 Å². The van der Waals surface area contributed by atoms with Crippen LogP contribution in [0, 0.1) is 0 Å². The molecule has 7 nitrogen and oxygen atoms in total. The molecule has 0 spiro atoms. The fraction of sp³-hybridized carbons (Fsp3) is 0.250. The summed E-state index contributed by atoms with van der Waals surface area (Å²) in [5.74, 6) is -0.370. The fourth-order valence-electron chi connectivity index (χ4n) is 3.48. The molecule has 3 aromatic rings. The average Bonchev–Trinajstić information content (AvgIpc) is 3.54. The van der Waals surface area contributed by atoms with E-state index >= 15 is 0 Å². The molecule has 2 N–H and O–H groups in total. The van der Waals surface area contributed by atoms with E-state index in [1.54, 1.807) is 36.2 Å². The number of carbonyl (C=O) groups excluding carboxylic acids is 2. The second-order valence-electron chi connectivity index (χ2n) is 7.87. The van der Waals surface area contributed by atoms with E-state index in [1.165, 1.54) is 23.5 Å². The molecule has 0 radical (unpaired) electrons. The van der Waals surface area contributed by atoms with Gasteiger partial charge in [-0.25, -0.2) is 13.1 Å². The second kappa shape index (κ2) is 9.86. The summed E-state index contributed by atoms with van der Waals surface area (Å²) in [6, 6.07) is 17.2. The number of rotatable bonds is 9. The summed E-state index contributed by atoms with van der Waals surface area (Å²) in [7, 11) is -2.17. The van der Waals surface area contributed by atoms with Gasteiger partial charge in [-0.15, -0.1) is 11.3 Å². The van der Waals surface area contributed by atoms with Crippen molar-refractivity contribution in [2.75, 3.05) is 7.05 Å². The van der Waals surface area contributed by atoms with Gasteiger partial charge in [-0.2, -0.15) is 0 Å². The van der Waals surface area contributed by atoms with Crippen LogP contribution in [-0.2, 0) is 23.1 Å². The molecule has 4 rings (SSSR count). The highest BCUT2D eigenvalue weighted by molar-refractivity contribution is 7.89. The fourth-order valence-corrected chi connectivity index (χ4v) is 5.27. The first-order valence-electron chi connectivity index (χ1n) is 10.6. The highest BCUT2D eigenvalue weighted by Crippen LogP contribution is 2.30. The van der Waals surface area contributed by atoms with E-state index in [1.807, 2.05) is 29.6 Å². The molecule has 0 aliphatic heterocycles. The molecule has 1 heterocycles. The van der Waals surface area contributed by atoms with E-state index in [0.717, 1.165) is 23.3 Å². The zero-order chi connectivity index (χ0) is 23.4. The molecule has 1 aliphatic rings. The van der Waals surface area contributed by atoms with Crippen molar-refractivity contribution >= 4 is 33.2 Å². The number of nitrogens with zero attached hydrogens (tertiary/aromatic N) is 1. The van der Waals surface area contributed by atoms with Gasteiger partial charge in [-0.1, -0.05) is 24.3 Å². The third-order valence-electron chi connectivity index (χ3n) is 5.45. The number of hydrogen-bond acceptors (Lipinski definition) is 5. The molecule has 0 unspecified atom stereocenters. The number of nitrogens with one attached hydrogen (secondary N) is 2. The zero-order valence-electron chi connectivity index (χ0n) is 18.2. The van der Waals surface area contributed by atoms with Gasteiger partial charge in [-0.3, -0.25) is 9.59 Å². The molecule has 0 bridgehead atoms. The third kappa shape index (κ3) is 5.68. The van der Waals surface area contributed by atoms with Crippen molar-refractivity contribution in [2.45, 2.75) is 36.9 Å². The van der Waals surface area contributed by atoms with Gasteiger partial charge in [0.2, 0.25) is 10.0 Å². The van der Waals surface area contributed by atoms with Crippen LogP contribution >= 0.6 is 11.3 Å². The van der Waals surface area contributed by atoms with E-state index in [9.17, 15) is 18.0 Å². The average molecular weight is 484 g/mol. The summed E-state index contributed by atoms with van der Waals surface area (Å²) >= 11 is 1.48. The molecule has 33 heavy (non-hydrogen) atoms. The number of amides is 2. The minimum Gasteiger partial charge on any atom is -0.355 e. The van der Waals surface area contributed by atoms with E-state index in [2.05, 4.69) is 10.0 Å². The Morgan fingerprint density at radius 1 is 1.03 bits per heavy atom. The molecule has 1 aliphatic carbocycles. The molecule has 172 valence electrons. The lowest BCUT2D eigenvalue weighted by Crippen LogP contribution is -2.33. The predicted octanol–water partition coefficient (Wildman–Crippen LogP) is 3.39. The van der Waals surface area contributed by atoms with Crippen molar-refractivity contribution in [2.24, 2.45) is 0 Å². The van der Waals surface area contributed by atoms with Gasteiger partial charge >= 0.3 is 0 Å². The van der Waals surface area contributed by atoms with Crippen LogP contribution < -0.4 is 10.0 Å². The third-order valence-corrected chi connectivity index (χ3v) is 7.73. The molecule has 2 aromatic carbocycles. The second-order valence-corrected chi connectivity index (χ2v) is 10.7. The molecule has 0 saturated heterocycles. The Bertz CT molecular complexity index is 1230. The van der Waals surface area contributed by atoms with Crippen LogP contribution in [0.1, 0.15) is 44.0 Å². The summed E-state index contributed by atoms with van der Waals surface area (Å²) in [5.41, 5.74) is 1.80. The largest absolute Gasteiger partial charge is 0.355 e. The van der Waals surface area contributed by atoms with Crippen molar-refractivity contribution in [3.8, 4) is 0 Å². The summed E-state index contributed by atoms with van der Waals surface area (Å²) in [5, 5.41) is 4.48. The van der Waals surface area contributed by atoms with Crippen LogP contribution in [0.3, 0.4) is 0 Å². The molecule has 1 fully saturated rings. The van der Waals surface area contributed by atoms with Gasteiger partial charge in [0, 0.05) is 42.2 Å². The maximum Gasteiger partial charge on any atom is 0.254 e. The minimum atomic E-state index is -3.75. The summed E-state index contributed by atoms with van der Waals surface area (Å²) < 4.78 is 28.1. The van der Waals surface area contributed by atoms with Crippen LogP contribution in [0.25, 0.3) is 0 Å². The molecule has 9 heteroatoms. The highest BCUT2D eigenvalue weighted by atomic mass is 32.2. The van der Waals surface area contributed by atoms with Crippen LogP contribution in [0.15, 0.2) is 70.9 Å². The lowest BCUT2D eigenvalue weighted by molar-refractivity contribution is 0.0729. The first-order valence-corrected chi connectivity index (χ1v) is 13.0. The van der Waals surface area contributed by atoms with Gasteiger partial charge in [0.25, 0.3) is 11.8 Å². The zero-order valence-corrected chi connectivity index (χ0v) is 19.8. The van der Waals surface area contributed by atoms with E-state index in [0.29, 0.717) is 17.7 Å². The number of hydrogen-bond donors (Lipinski definition) is 2. The van der Waals surface area contributed by atoms with Crippen LogP contribution in [0.5, 0.6) is 0 Å². The smallest absolute Gasteiger partial charge is 0.254 e. The number of carbonyl (C=O) groups is 2. The maximum atomic E-state index is 13.3. The van der Waals surface area contributed by atoms with E-state index in [4.69, 9.17) is 0 Å². The highest BCUT2D eigenvalue weighted by Gasteiger charge is 2.33. The van der Waals surface area contributed by atoms with Crippen molar-refractivity contribution < 1.29 is 18.0 Å². The molecule has 2 amide bonds. The molecular formula is C24H25N3O4S2. The Morgan fingerprint density at radius 3 is 2.42 bits per heavy atom.